The van der Waals surface area contributed by atoms with Crippen molar-refractivity contribution in [1.29, 1.82) is 0 Å². The number of anilines is 1. The molecule has 0 aromatic heterocycles. The molecule has 1 aliphatic rings. The second-order valence-electron chi connectivity index (χ2n) is 6.86. The lowest BCUT2D eigenvalue weighted by atomic mass is 10.1. The molecule has 0 saturated carbocycles. The van der Waals surface area contributed by atoms with Gasteiger partial charge in [0.15, 0.2) is 13.2 Å². The van der Waals surface area contributed by atoms with Crippen LogP contribution in [0.2, 0.25) is 0 Å². The van der Waals surface area contributed by atoms with Gasteiger partial charge in [0.25, 0.3) is 11.8 Å². The van der Waals surface area contributed by atoms with Crippen molar-refractivity contribution in [1.82, 2.24) is 4.90 Å². The molecule has 1 saturated heterocycles. The van der Waals surface area contributed by atoms with Crippen molar-refractivity contribution in [3.05, 3.63) is 58.6 Å². The van der Waals surface area contributed by atoms with E-state index in [1.807, 2.05) is 12.1 Å². The Morgan fingerprint density at radius 1 is 0.933 bits per heavy atom. The molecule has 0 spiro atoms. The van der Waals surface area contributed by atoms with Crippen molar-refractivity contribution in [3.63, 3.8) is 0 Å². The molecule has 1 aliphatic heterocycles. The Labute approximate surface area is 183 Å². The fourth-order valence-electron chi connectivity index (χ4n) is 3.07. The largest absolute Gasteiger partial charge is 0.483 e. The zero-order valence-corrected chi connectivity index (χ0v) is 18.0. The monoisotopic (exact) mass is 474 g/mol. The third-order valence-electron chi connectivity index (χ3n) is 4.63. The molecule has 158 valence electrons. The first kappa shape index (κ1) is 21.8. The van der Waals surface area contributed by atoms with Gasteiger partial charge >= 0.3 is 5.97 Å². The predicted molar refractivity (Wildman–Crippen MR) is 115 cm³/mol. The Balaban J connectivity index is 1.52. The number of likely N-dealkylation sites (tertiary alicyclic amines) is 1. The van der Waals surface area contributed by atoms with Crippen molar-refractivity contribution in [2.75, 3.05) is 31.6 Å². The van der Waals surface area contributed by atoms with Gasteiger partial charge in [-0.2, -0.15) is 0 Å². The lowest BCUT2D eigenvalue weighted by Crippen LogP contribution is -2.38. The first-order valence-corrected chi connectivity index (χ1v) is 10.5. The van der Waals surface area contributed by atoms with Gasteiger partial charge in [-0.25, -0.2) is 4.79 Å². The van der Waals surface area contributed by atoms with Crippen molar-refractivity contribution < 1.29 is 23.9 Å². The Kier molecular flexibility index (Phi) is 7.84. The van der Waals surface area contributed by atoms with Crippen LogP contribution in [0.15, 0.2) is 53.0 Å². The Morgan fingerprint density at radius 2 is 1.63 bits per heavy atom. The first-order chi connectivity index (χ1) is 14.5. The zero-order valence-electron chi connectivity index (χ0n) is 16.4. The van der Waals surface area contributed by atoms with Crippen LogP contribution in [0, 0.1) is 0 Å². The summed E-state index contributed by atoms with van der Waals surface area (Å²) in [5.41, 5.74) is 0.802. The van der Waals surface area contributed by atoms with Gasteiger partial charge in [0.05, 0.1) is 0 Å². The van der Waals surface area contributed by atoms with Crippen LogP contribution in [-0.4, -0.2) is 49.0 Å². The quantitative estimate of drug-likeness (QED) is 0.619. The van der Waals surface area contributed by atoms with Crippen LogP contribution in [0.4, 0.5) is 5.69 Å². The summed E-state index contributed by atoms with van der Waals surface area (Å²) in [6.07, 6.45) is 3.06. The molecule has 0 unspecified atom stereocenters. The number of amides is 2. The number of carbonyl (C=O) groups is 3. The van der Waals surface area contributed by atoms with Crippen LogP contribution in [0.5, 0.6) is 5.75 Å². The summed E-state index contributed by atoms with van der Waals surface area (Å²) in [7, 11) is 0. The number of ether oxygens (including phenoxy) is 2. The smallest absolute Gasteiger partial charge is 0.342 e. The second kappa shape index (κ2) is 10.8. The molecule has 3 rings (SSSR count). The van der Waals surface area contributed by atoms with Crippen molar-refractivity contribution in [3.8, 4) is 5.75 Å². The normalized spacial score (nSPS) is 13.4. The van der Waals surface area contributed by atoms with Crippen molar-refractivity contribution in [2.45, 2.75) is 19.3 Å². The molecule has 2 aromatic carbocycles. The number of para-hydroxylation sites is 1. The molecule has 2 amide bonds. The van der Waals surface area contributed by atoms with E-state index >= 15 is 0 Å². The number of hydrogen-bond donors (Lipinski definition) is 1. The van der Waals surface area contributed by atoms with Crippen LogP contribution in [0.25, 0.3) is 0 Å². The van der Waals surface area contributed by atoms with Crippen LogP contribution in [0.3, 0.4) is 0 Å². The molecule has 0 bridgehead atoms. The maximum atomic E-state index is 12.4. The molecule has 1 heterocycles. The van der Waals surface area contributed by atoms with E-state index in [9.17, 15) is 14.4 Å². The van der Waals surface area contributed by atoms with E-state index in [2.05, 4.69) is 21.2 Å². The average molecular weight is 475 g/mol. The number of piperidine rings is 1. The van der Waals surface area contributed by atoms with Crippen LogP contribution >= 0.6 is 15.9 Å². The van der Waals surface area contributed by atoms with Crippen molar-refractivity contribution >= 4 is 39.4 Å². The van der Waals surface area contributed by atoms with E-state index in [0.717, 1.165) is 23.7 Å². The minimum absolute atomic E-state index is 0.167. The summed E-state index contributed by atoms with van der Waals surface area (Å²) >= 11 is 3.33. The molecule has 7 nitrogen and oxygen atoms in total. The summed E-state index contributed by atoms with van der Waals surface area (Å²) < 4.78 is 11.6. The number of nitrogens with zero attached hydrogens (tertiary/aromatic N) is 1. The predicted octanol–water partition coefficient (Wildman–Crippen LogP) is 3.64. The third kappa shape index (κ3) is 6.32. The molecule has 8 heteroatoms. The summed E-state index contributed by atoms with van der Waals surface area (Å²) in [4.78, 5) is 38.5. The van der Waals surface area contributed by atoms with Crippen LogP contribution in [-0.2, 0) is 14.3 Å². The molecular weight excluding hydrogens is 452 g/mol. The zero-order chi connectivity index (χ0) is 21.3. The standard InChI is InChI=1S/C22H23BrN2O5/c23-16-8-10-17(11-9-16)24-20(26)14-29-19-7-3-2-6-18(19)22(28)30-15-21(27)25-12-4-1-5-13-25/h2-3,6-11H,1,4-5,12-15H2,(H,24,26). The third-order valence-corrected chi connectivity index (χ3v) is 5.16. The lowest BCUT2D eigenvalue weighted by Gasteiger charge is -2.26. The second-order valence-corrected chi connectivity index (χ2v) is 7.77. The summed E-state index contributed by atoms with van der Waals surface area (Å²) in [6, 6.07) is 13.6. The van der Waals surface area contributed by atoms with Gasteiger partial charge in [-0.1, -0.05) is 28.1 Å². The van der Waals surface area contributed by atoms with Gasteiger partial charge in [-0.05, 0) is 55.7 Å². The van der Waals surface area contributed by atoms with Gasteiger partial charge in [0, 0.05) is 23.2 Å². The number of benzene rings is 2. The highest BCUT2D eigenvalue weighted by atomic mass is 79.9. The highest BCUT2D eigenvalue weighted by Gasteiger charge is 2.20. The molecule has 0 atom stereocenters. The minimum Gasteiger partial charge on any atom is -0.483 e. The van der Waals surface area contributed by atoms with E-state index < -0.39 is 5.97 Å². The van der Waals surface area contributed by atoms with E-state index in [-0.39, 0.29) is 36.3 Å². The Morgan fingerprint density at radius 3 is 2.37 bits per heavy atom. The summed E-state index contributed by atoms with van der Waals surface area (Å²) in [5.74, 6) is -1.00. The van der Waals surface area contributed by atoms with E-state index in [1.165, 1.54) is 6.07 Å². The highest BCUT2D eigenvalue weighted by molar-refractivity contribution is 9.10. The van der Waals surface area contributed by atoms with Gasteiger partial charge in [0.2, 0.25) is 0 Å². The van der Waals surface area contributed by atoms with Crippen LogP contribution in [0.1, 0.15) is 29.6 Å². The van der Waals surface area contributed by atoms with Crippen molar-refractivity contribution in [2.24, 2.45) is 0 Å². The van der Waals surface area contributed by atoms with E-state index in [4.69, 9.17) is 9.47 Å². The highest BCUT2D eigenvalue weighted by Crippen LogP contribution is 2.20. The number of esters is 1. The maximum Gasteiger partial charge on any atom is 0.342 e. The van der Waals surface area contributed by atoms with Gasteiger partial charge in [-0.15, -0.1) is 0 Å². The Bertz CT molecular complexity index is 895. The Hall–Kier alpha value is -2.87. The average Bonchev–Trinajstić information content (AvgIpc) is 2.78. The van der Waals surface area contributed by atoms with Gasteiger partial charge in [0.1, 0.15) is 11.3 Å². The summed E-state index contributed by atoms with van der Waals surface area (Å²) in [5, 5.41) is 2.71. The maximum absolute atomic E-state index is 12.4. The molecule has 1 N–H and O–H groups in total. The van der Waals surface area contributed by atoms with E-state index in [1.54, 1.807) is 35.2 Å². The fourth-order valence-corrected chi connectivity index (χ4v) is 3.34. The SMILES string of the molecule is O=C(COc1ccccc1C(=O)OCC(=O)N1CCCCC1)Nc1ccc(Br)cc1. The van der Waals surface area contributed by atoms with E-state index in [0.29, 0.717) is 18.8 Å². The molecule has 0 radical (unpaired) electrons. The first-order valence-electron chi connectivity index (χ1n) is 9.75. The number of halogens is 1. The molecule has 0 aliphatic carbocycles. The topological polar surface area (TPSA) is 84.9 Å². The molecular formula is C22H23BrN2O5. The van der Waals surface area contributed by atoms with Gasteiger partial charge < -0.3 is 19.7 Å². The number of carbonyl (C=O) groups excluding carboxylic acids is 3. The fraction of sp³-hybridized carbons (Fsp3) is 0.318. The molecule has 1 fully saturated rings. The lowest BCUT2D eigenvalue weighted by molar-refractivity contribution is -0.135. The minimum atomic E-state index is -0.663. The summed E-state index contributed by atoms with van der Waals surface area (Å²) in [6.45, 7) is 0.817. The molecule has 30 heavy (non-hydrogen) atoms. The van der Waals surface area contributed by atoms with Crippen LogP contribution < -0.4 is 10.1 Å². The number of nitrogens with one attached hydrogen (secondary N) is 1. The number of hydrogen-bond acceptors (Lipinski definition) is 5. The number of rotatable bonds is 7. The molecule has 2 aromatic rings. The van der Waals surface area contributed by atoms with Gasteiger partial charge in [-0.3, -0.25) is 9.59 Å².